The molecule has 0 aliphatic carbocycles. The van der Waals surface area contributed by atoms with Crippen LogP contribution in [0.2, 0.25) is 0 Å². The van der Waals surface area contributed by atoms with Crippen molar-refractivity contribution >= 4 is 15.9 Å². The van der Waals surface area contributed by atoms with Crippen LogP contribution in [0, 0.1) is 0 Å². The Balaban J connectivity index is 3.03. The van der Waals surface area contributed by atoms with Gasteiger partial charge in [0.2, 0.25) is 0 Å². The van der Waals surface area contributed by atoms with Crippen molar-refractivity contribution in [2.75, 3.05) is 13.2 Å². The third-order valence-electron chi connectivity index (χ3n) is 0.687. The van der Waals surface area contributed by atoms with Crippen LogP contribution in [0.5, 0.6) is 0 Å². The first-order chi connectivity index (χ1) is 3.77. The molecule has 48 valence electrons. The molecule has 0 aromatic carbocycles. The van der Waals surface area contributed by atoms with Crippen molar-refractivity contribution in [1.82, 2.24) is 0 Å². The van der Waals surface area contributed by atoms with Crippen LogP contribution in [-0.2, 0) is 4.74 Å². The van der Waals surface area contributed by atoms with Crippen LogP contribution in [-0.4, -0.2) is 13.2 Å². The van der Waals surface area contributed by atoms with Crippen LogP contribution in [0.25, 0.3) is 0 Å². The fourth-order valence-electron chi connectivity index (χ4n) is 0.292. The third kappa shape index (κ3) is 6.18. The summed E-state index contributed by atoms with van der Waals surface area (Å²) in [6.07, 6.45) is 1.99. The first-order valence-electron chi connectivity index (χ1n) is 2.67. The van der Waals surface area contributed by atoms with Crippen molar-refractivity contribution in [2.24, 2.45) is 0 Å². The molecule has 8 heavy (non-hydrogen) atoms. The molecule has 0 spiro atoms. The average molecular weight is 179 g/mol. The Morgan fingerprint density at radius 1 is 1.75 bits per heavy atom. The molecule has 2 heteroatoms. The largest absolute Gasteiger partial charge is 0.378 e. The predicted octanol–water partition coefficient (Wildman–Crippen LogP) is 2.32. The molecule has 0 aliphatic rings. The normalized spacial score (nSPS) is 12.1. The second-order valence-corrected chi connectivity index (χ2v) is 2.70. The first kappa shape index (κ1) is 8.18. The van der Waals surface area contributed by atoms with Gasteiger partial charge in [-0.05, 0) is 24.4 Å². The molecule has 0 radical (unpaired) electrons. The quantitative estimate of drug-likeness (QED) is 0.604. The summed E-state index contributed by atoms with van der Waals surface area (Å²) in [4.78, 5) is 0. The van der Waals surface area contributed by atoms with Crippen molar-refractivity contribution < 1.29 is 4.74 Å². The molecule has 0 unspecified atom stereocenters. The van der Waals surface area contributed by atoms with E-state index in [2.05, 4.69) is 15.9 Å². The van der Waals surface area contributed by atoms with E-state index in [1.165, 1.54) is 0 Å². The number of allylic oxidation sites excluding steroid dienone is 1. The Morgan fingerprint density at radius 3 is 2.75 bits per heavy atom. The number of ether oxygens (including phenoxy) is 1. The van der Waals surface area contributed by atoms with E-state index in [1.807, 2.05) is 19.9 Å². The summed E-state index contributed by atoms with van der Waals surface area (Å²) >= 11 is 3.29. The molecule has 1 nitrogen and oxygen atoms in total. The van der Waals surface area contributed by atoms with Gasteiger partial charge in [0.15, 0.2) is 0 Å². The minimum Gasteiger partial charge on any atom is -0.378 e. The lowest BCUT2D eigenvalue weighted by molar-refractivity contribution is 0.177. The zero-order chi connectivity index (χ0) is 6.41. The molecule has 0 heterocycles. The topological polar surface area (TPSA) is 9.23 Å². The van der Waals surface area contributed by atoms with E-state index in [-0.39, 0.29) is 0 Å². The molecule has 0 saturated heterocycles. The lowest BCUT2D eigenvalue weighted by Gasteiger charge is -1.92. The van der Waals surface area contributed by atoms with Gasteiger partial charge in [-0.3, -0.25) is 0 Å². The van der Waals surface area contributed by atoms with Gasteiger partial charge in [0.1, 0.15) is 0 Å². The van der Waals surface area contributed by atoms with Crippen molar-refractivity contribution in [2.45, 2.75) is 13.8 Å². The van der Waals surface area contributed by atoms with Crippen LogP contribution in [0.4, 0.5) is 0 Å². The number of halogens is 1. The Labute approximate surface area is 58.9 Å². The maximum Gasteiger partial charge on any atom is 0.0657 e. The third-order valence-corrected chi connectivity index (χ3v) is 1.01. The van der Waals surface area contributed by atoms with Crippen LogP contribution in [0.15, 0.2) is 10.6 Å². The molecule has 0 aromatic rings. The van der Waals surface area contributed by atoms with Crippen LogP contribution in [0.3, 0.4) is 0 Å². The highest BCUT2D eigenvalue weighted by atomic mass is 79.9. The Morgan fingerprint density at radius 2 is 2.38 bits per heavy atom. The maximum atomic E-state index is 5.04. The van der Waals surface area contributed by atoms with Crippen molar-refractivity contribution in [1.29, 1.82) is 0 Å². The van der Waals surface area contributed by atoms with E-state index in [0.717, 1.165) is 11.1 Å². The van der Waals surface area contributed by atoms with Gasteiger partial charge >= 0.3 is 0 Å². The molecule has 0 rings (SSSR count). The molecule has 0 amide bonds. The van der Waals surface area contributed by atoms with E-state index in [1.54, 1.807) is 0 Å². The van der Waals surface area contributed by atoms with Gasteiger partial charge in [-0.25, -0.2) is 0 Å². The van der Waals surface area contributed by atoms with Gasteiger partial charge in [0, 0.05) is 6.61 Å². The molecule has 0 N–H and O–H groups in total. The molecular formula is C6H11BrO. The SMILES string of the molecule is CCOC/C=C(/C)Br. The van der Waals surface area contributed by atoms with Gasteiger partial charge in [-0.15, -0.1) is 0 Å². The molecule has 0 saturated carbocycles. The van der Waals surface area contributed by atoms with Crippen molar-refractivity contribution in [3.63, 3.8) is 0 Å². The van der Waals surface area contributed by atoms with E-state index in [4.69, 9.17) is 4.74 Å². The molecule has 0 aromatic heterocycles. The lowest BCUT2D eigenvalue weighted by atomic mass is 10.5. The van der Waals surface area contributed by atoms with E-state index in [0.29, 0.717) is 6.61 Å². The summed E-state index contributed by atoms with van der Waals surface area (Å²) in [5, 5.41) is 0. The van der Waals surface area contributed by atoms with Crippen molar-refractivity contribution in [3.05, 3.63) is 10.6 Å². The molecule has 0 atom stereocenters. The van der Waals surface area contributed by atoms with Gasteiger partial charge in [-0.2, -0.15) is 0 Å². The standard InChI is InChI=1S/C6H11BrO/c1-3-8-5-4-6(2)7/h4H,3,5H2,1-2H3/b6-4-. The van der Waals surface area contributed by atoms with Gasteiger partial charge < -0.3 is 4.74 Å². The highest BCUT2D eigenvalue weighted by Gasteiger charge is 1.77. The molecule has 0 bridgehead atoms. The monoisotopic (exact) mass is 178 g/mol. The smallest absolute Gasteiger partial charge is 0.0657 e. The van der Waals surface area contributed by atoms with Crippen LogP contribution < -0.4 is 0 Å². The fourth-order valence-corrected chi connectivity index (χ4v) is 0.424. The second-order valence-electron chi connectivity index (χ2n) is 1.45. The predicted molar refractivity (Wildman–Crippen MR) is 39.2 cm³/mol. The van der Waals surface area contributed by atoms with E-state index >= 15 is 0 Å². The number of rotatable bonds is 3. The zero-order valence-corrected chi connectivity index (χ0v) is 6.86. The molecule has 0 fully saturated rings. The van der Waals surface area contributed by atoms with Crippen molar-refractivity contribution in [3.8, 4) is 0 Å². The van der Waals surface area contributed by atoms with Gasteiger partial charge in [0.25, 0.3) is 0 Å². The fraction of sp³-hybridized carbons (Fsp3) is 0.667. The zero-order valence-electron chi connectivity index (χ0n) is 5.28. The Kier molecular flexibility index (Phi) is 5.44. The maximum absolute atomic E-state index is 5.04. The Hall–Kier alpha value is 0.180. The van der Waals surface area contributed by atoms with E-state index < -0.39 is 0 Å². The van der Waals surface area contributed by atoms with Gasteiger partial charge in [-0.1, -0.05) is 15.9 Å². The highest BCUT2D eigenvalue weighted by molar-refractivity contribution is 9.11. The second kappa shape index (κ2) is 5.32. The molecular weight excluding hydrogens is 168 g/mol. The first-order valence-corrected chi connectivity index (χ1v) is 3.46. The van der Waals surface area contributed by atoms with E-state index in [9.17, 15) is 0 Å². The Bertz CT molecular complexity index is 74.6. The minimum absolute atomic E-state index is 0.716. The molecule has 0 aliphatic heterocycles. The minimum atomic E-state index is 0.716. The summed E-state index contributed by atoms with van der Waals surface area (Å²) in [6, 6.07) is 0. The summed E-state index contributed by atoms with van der Waals surface area (Å²) < 4.78 is 6.17. The van der Waals surface area contributed by atoms with Crippen LogP contribution in [0.1, 0.15) is 13.8 Å². The summed E-state index contributed by atoms with van der Waals surface area (Å²) in [5.74, 6) is 0. The van der Waals surface area contributed by atoms with Gasteiger partial charge in [0.05, 0.1) is 6.61 Å². The lowest BCUT2D eigenvalue weighted by Crippen LogP contribution is -1.87. The van der Waals surface area contributed by atoms with Crippen LogP contribution >= 0.6 is 15.9 Å². The highest BCUT2D eigenvalue weighted by Crippen LogP contribution is 2.00. The summed E-state index contributed by atoms with van der Waals surface area (Å²) in [6.45, 7) is 5.47. The number of hydrogen-bond donors (Lipinski definition) is 0. The average Bonchev–Trinajstić information content (AvgIpc) is 1.66. The summed E-state index contributed by atoms with van der Waals surface area (Å²) in [7, 11) is 0. The number of hydrogen-bond acceptors (Lipinski definition) is 1. The summed E-state index contributed by atoms with van der Waals surface area (Å²) in [5.41, 5.74) is 0.